The average Bonchev–Trinajstić information content (AvgIpc) is 3.11. The molecule has 0 heterocycles. The molecule has 2 nitrogen and oxygen atoms in total. The topological polar surface area (TPSA) is 27.0 Å². The van der Waals surface area contributed by atoms with E-state index in [1.165, 1.54) is 25.0 Å². The van der Waals surface area contributed by atoms with Gasteiger partial charge in [0, 0.05) is 30.0 Å². The van der Waals surface area contributed by atoms with Crippen LogP contribution in [0.1, 0.15) is 24.8 Å². The van der Waals surface area contributed by atoms with Crippen LogP contribution in [0.4, 0.5) is 4.39 Å². The second-order valence-corrected chi connectivity index (χ2v) is 5.20. The van der Waals surface area contributed by atoms with Gasteiger partial charge in [-0.25, -0.2) is 4.39 Å². The van der Waals surface area contributed by atoms with Gasteiger partial charge in [-0.1, -0.05) is 22.0 Å². The molecule has 0 aromatic heterocycles. The molecule has 0 N–H and O–H groups in total. The summed E-state index contributed by atoms with van der Waals surface area (Å²) in [7, 11) is 0. The van der Waals surface area contributed by atoms with E-state index in [0.29, 0.717) is 12.5 Å². The summed E-state index contributed by atoms with van der Waals surface area (Å²) in [5.74, 6) is -0.226. The summed E-state index contributed by atoms with van der Waals surface area (Å²) in [6.45, 7) is 1.58. The molecule has 2 rings (SSSR count). The van der Waals surface area contributed by atoms with Gasteiger partial charge < -0.3 is 0 Å². The van der Waals surface area contributed by atoms with Gasteiger partial charge >= 0.3 is 0 Å². The maximum absolute atomic E-state index is 13.0. The van der Waals surface area contributed by atoms with Crippen LogP contribution in [0.2, 0.25) is 0 Å². The highest BCUT2D eigenvalue weighted by Gasteiger charge is 2.28. The normalized spacial score (nSPS) is 14.9. The molecule has 1 aromatic carbocycles. The quantitative estimate of drug-likeness (QED) is 0.832. The van der Waals surface area contributed by atoms with E-state index in [9.17, 15) is 4.39 Å². The largest absolute Gasteiger partial charge is 0.295 e. The Balaban J connectivity index is 2.03. The zero-order valence-electron chi connectivity index (χ0n) is 9.50. The first-order valence-corrected chi connectivity index (χ1v) is 6.55. The minimum atomic E-state index is -0.226. The molecule has 0 amide bonds. The number of rotatable bonds is 5. The summed E-state index contributed by atoms with van der Waals surface area (Å²) in [6.07, 6.45) is 2.98. The van der Waals surface area contributed by atoms with Crippen LogP contribution in [0.5, 0.6) is 0 Å². The Morgan fingerprint density at radius 3 is 2.82 bits per heavy atom. The van der Waals surface area contributed by atoms with Crippen LogP contribution < -0.4 is 0 Å². The number of hydrogen-bond acceptors (Lipinski definition) is 2. The predicted octanol–water partition coefficient (Wildman–Crippen LogP) is 3.47. The Kier molecular flexibility index (Phi) is 4.14. The Morgan fingerprint density at radius 1 is 1.47 bits per heavy atom. The second kappa shape index (κ2) is 5.61. The second-order valence-electron chi connectivity index (χ2n) is 4.35. The first-order chi connectivity index (χ1) is 8.20. The van der Waals surface area contributed by atoms with Crippen LogP contribution in [0.25, 0.3) is 0 Å². The molecule has 1 saturated carbocycles. The fourth-order valence-corrected chi connectivity index (χ4v) is 2.37. The Bertz CT molecular complexity index is 438. The number of nitriles is 1. The molecule has 0 unspecified atom stereocenters. The third-order valence-corrected chi connectivity index (χ3v) is 3.70. The Morgan fingerprint density at radius 2 is 2.24 bits per heavy atom. The minimum Gasteiger partial charge on any atom is -0.295 e. The molecule has 1 aromatic rings. The van der Waals surface area contributed by atoms with Crippen LogP contribution in [0.15, 0.2) is 22.7 Å². The summed E-state index contributed by atoms with van der Waals surface area (Å²) >= 11 is 3.38. The monoisotopic (exact) mass is 296 g/mol. The highest BCUT2D eigenvalue weighted by molar-refractivity contribution is 9.10. The first kappa shape index (κ1) is 12.5. The molecule has 0 radical (unpaired) electrons. The van der Waals surface area contributed by atoms with E-state index in [-0.39, 0.29) is 5.82 Å². The van der Waals surface area contributed by atoms with Crippen molar-refractivity contribution >= 4 is 15.9 Å². The van der Waals surface area contributed by atoms with Crippen LogP contribution in [0, 0.1) is 17.1 Å². The predicted molar refractivity (Wildman–Crippen MR) is 67.8 cm³/mol. The van der Waals surface area contributed by atoms with E-state index in [1.54, 1.807) is 6.07 Å². The lowest BCUT2D eigenvalue weighted by Crippen LogP contribution is -2.26. The van der Waals surface area contributed by atoms with E-state index < -0.39 is 0 Å². The molecule has 0 spiro atoms. The molecular formula is C13H14BrFN2. The summed E-state index contributed by atoms with van der Waals surface area (Å²) in [4.78, 5) is 2.31. The van der Waals surface area contributed by atoms with E-state index in [0.717, 1.165) is 23.1 Å². The van der Waals surface area contributed by atoms with E-state index in [1.807, 2.05) is 0 Å². The standard InChI is InChI=1S/C13H14BrFN2/c14-13-8-11(15)3-2-10(13)9-17(7-1-6-16)12-4-5-12/h2-3,8,12H,1,4-5,7,9H2. The van der Waals surface area contributed by atoms with E-state index in [2.05, 4.69) is 26.9 Å². The number of nitrogens with zero attached hydrogens (tertiary/aromatic N) is 2. The SMILES string of the molecule is N#CCCN(Cc1ccc(F)cc1Br)C1CC1. The van der Waals surface area contributed by atoms with Gasteiger partial charge in [-0.15, -0.1) is 0 Å². The minimum absolute atomic E-state index is 0.226. The Hall–Kier alpha value is -0.920. The van der Waals surface area contributed by atoms with Crippen LogP contribution in [0.3, 0.4) is 0 Å². The van der Waals surface area contributed by atoms with Crippen molar-refractivity contribution in [3.8, 4) is 6.07 Å². The van der Waals surface area contributed by atoms with Crippen molar-refractivity contribution in [3.05, 3.63) is 34.1 Å². The van der Waals surface area contributed by atoms with Crippen LogP contribution in [-0.4, -0.2) is 17.5 Å². The number of hydrogen-bond donors (Lipinski definition) is 0. The van der Waals surface area contributed by atoms with Crippen molar-refractivity contribution < 1.29 is 4.39 Å². The molecule has 0 bridgehead atoms. The van der Waals surface area contributed by atoms with Crippen molar-refractivity contribution in [3.63, 3.8) is 0 Å². The maximum atomic E-state index is 13.0. The molecule has 4 heteroatoms. The molecule has 1 fully saturated rings. The average molecular weight is 297 g/mol. The fourth-order valence-electron chi connectivity index (χ4n) is 1.89. The van der Waals surface area contributed by atoms with E-state index >= 15 is 0 Å². The van der Waals surface area contributed by atoms with Gasteiger partial charge in [-0.3, -0.25) is 4.90 Å². The maximum Gasteiger partial charge on any atom is 0.124 e. The lowest BCUT2D eigenvalue weighted by Gasteiger charge is -2.21. The van der Waals surface area contributed by atoms with Gasteiger partial charge in [0.05, 0.1) is 6.07 Å². The highest BCUT2D eigenvalue weighted by atomic mass is 79.9. The van der Waals surface area contributed by atoms with Gasteiger partial charge in [0.25, 0.3) is 0 Å². The number of benzene rings is 1. The van der Waals surface area contributed by atoms with Gasteiger partial charge in [0.2, 0.25) is 0 Å². The van der Waals surface area contributed by atoms with E-state index in [4.69, 9.17) is 5.26 Å². The lowest BCUT2D eigenvalue weighted by molar-refractivity contribution is 0.260. The first-order valence-electron chi connectivity index (χ1n) is 5.75. The smallest absolute Gasteiger partial charge is 0.124 e. The summed E-state index contributed by atoms with van der Waals surface area (Å²) in [5, 5.41) is 8.64. The van der Waals surface area contributed by atoms with Crippen LogP contribution in [-0.2, 0) is 6.54 Å². The van der Waals surface area contributed by atoms with Crippen molar-refractivity contribution in [1.29, 1.82) is 5.26 Å². The van der Waals surface area contributed by atoms with Gasteiger partial charge in [-0.2, -0.15) is 5.26 Å². The Labute approximate surface area is 109 Å². The zero-order chi connectivity index (χ0) is 12.3. The van der Waals surface area contributed by atoms with Gasteiger partial charge in [-0.05, 0) is 30.5 Å². The van der Waals surface area contributed by atoms with Crippen molar-refractivity contribution in [2.75, 3.05) is 6.54 Å². The fraction of sp³-hybridized carbons (Fsp3) is 0.462. The third kappa shape index (κ3) is 3.52. The van der Waals surface area contributed by atoms with Gasteiger partial charge in [0.15, 0.2) is 0 Å². The lowest BCUT2D eigenvalue weighted by atomic mass is 10.2. The molecule has 0 saturated heterocycles. The molecule has 0 aliphatic heterocycles. The highest BCUT2D eigenvalue weighted by Crippen LogP contribution is 2.30. The van der Waals surface area contributed by atoms with Crippen LogP contribution >= 0.6 is 15.9 Å². The summed E-state index contributed by atoms with van der Waals surface area (Å²) in [6, 6.07) is 7.57. The summed E-state index contributed by atoms with van der Waals surface area (Å²) < 4.78 is 13.8. The van der Waals surface area contributed by atoms with Crippen molar-refractivity contribution in [2.45, 2.75) is 31.8 Å². The van der Waals surface area contributed by atoms with Crippen molar-refractivity contribution in [1.82, 2.24) is 4.90 Å². The van der Waals surface area contributed by atoms with Gasteiger partial charge in [0.1, 0.15) is 5.82 Å². The third-order valence-electron chi connectivity index (χ3n) is 2.96. The molecule has 1 aliphatic carbocycles. The molecular weight excluding hydrogens is 283 g/mol. The summed E-state index contributed by atoms with van der Waals surface area (Å²) in [5.41, 5.74) is 1.08. The molecule has 0 atom stereocenters. The molecule has 1 aliphatic rings. The zero-order valence-corrected chi connectivity index (χ0v) is 11.1. The van der Waals surface area contributed by atoms with Crippen molar-refractivity contribution in [2.24, 2.45) is 0 Å². The molecule has 90 valence electrons. The molecule has 17 heavy (non-hydrogen) atoms. The number of halogens is 2.